The number of hydrogen-bond donors (Lipinski definition) is 1. The first-order valence-electron chi connectivity index (χ1n) is 10.0. The lowest BCUT2D eigenvalue weighted by atomic mass is 9.85. The minimum absolute atomic E-state index is 0.0165. The minimum atomic E-state index is -0.133. The molecule has 0 unspecified atom stereocenters. The number of amides is 2. The molecular formula is C22H24N6O2. The summed E-state index contributed by atoms with van der Waals surface area (Å²) in [5.41, 5.74) is 2.03. The summed E-state index contributed by atoms with van der Waals surface area (Å²) < 4.78 is 0. The Morgan fingerprint density at radius 3 is 2.47 bits per heavy atom. The van der Waals surface area contributed by atoms with Gasteiger partial charge < -0.3 is 10.2 Å². The second-order valence-corrected chi connectivity index (χ2v) is 7.46. The van der Waals surface area contributed by atoms with E-state index >= 15 is 0 Å². The van der Waals surface area contributed by atoms with Gasteiger partial charge in [-0.1, -0.05) is 60.7 Å². The third-order valence-electron chi connectivity index (χ3n) is 5.34. The highest BCUT2D eigenvalue weighted by Gasteiger charge is 2.33. The van der Waals surface area contributed by atoms with Crippen LogP contribution in [0.25, 0.3) is 11.4 Å². The molecule has 8 nitrogen and oxygen atoms in total. The summed E-state index contributed by atoms with van der Waals surface area (Å²) in [7, 11) is 0. The maximum absolute atomic E-state index is 12.9. The number of carbonyl (C=O) groups is 2. The number of aromatic nitrogens is 4. The van der Waals surface area contributed by atoms with Crippen LogP contribution in [-0.2, 0) is 16.1 Å². The molecular weight excluding hydrogens is 380 g/mol. The van der Waals surface area contributed by atoms with Crippen LogP contribution in [0.15, 0.2) is 60.7 Å². The SMILES string of the molecule is CC(=O)N[C@H]1CN(C(=O)Cn2nnc(-c3ccccc3)n2)CC[C@H]1c1ccccc1. The fourth-order valence-corrected chi connectivity index (χ4v) is 3.92. The molecule has 154 valence electrons. The zero-order chi connectivity index (χ0) is 20.9. The molecule has 2 heterocycles. The van der Waals surface area contributed by atoms with Crippen LogP contribution in [0.4, 0.5) is 0 Å². The summed E-state index contributed by atoms with van der Waals surface area (Å²) in [5.74, 6) is 0.477. The zero-order valence-corrected chi connectivity index (χ0v) is 16.8. The van der Waals surface area contributed by atoms with Crippen LogP contribution in [0, 0.1) is 0 Å². The monoisotopic (exact) mass is 404 g/mol. The molecule has 1 fully saturated rings. The van der Waals surface area contributed by atoms with Gasteiger partial charge in [-0.2, -0.15) is 4.80 Å². The molecule has 0 radical (unpaired) electrons. The van der Waals surface area contributed by atoms with Crippen molar-refractivity contribution in [2.75, 3.05) is 13.1 Å². The van der Waals surface area contributed by atoms with Crippen molar-refractivity contribution < 1.29 is 9.59 Å². The van der Waals surface area contributed by atoms with E-state index in [0.29, 0.717) is 18.9 Å². The van der Waals surface area contributed by atoms with Gasteiger partial charge in [0.25, 0.3) is 0 Å². The van der Waals surface area contributed by atoms with Crippen LogP contribution in [0.5, 0.6) is 0 Å². The molecule has 4 rings (SSSR count). The van der Waals surface area contributed by atoms with Gasteiger partial charge in [-0.05, 0) is 17.2 Å². The largest absolute Gasteiger partial charge is 0.351 e. The van der Waals surface area contributed by atoms with E-state index in [-0.39, 0.29) is 30.3 Å². The van der Waals surface area contributed by atoms with Gasteiger partial charge >= 0.3 is 0 Å². The lowest BCUT2D eigenvalue weighted by molar-refractivity contribution is -0.134. The molecule has 0 saturated carbocycles. The van der Waals surface area contributed by atoms with E-state index < -0.39 is 0 Å². The van der Waals surface area contributed by atoms with Crippen molar-refractivity contribution in [1.82, 2.24) is 30.4 Å². The van der Waals surface area contributed by atoms with Gasteiger partial charge in [0.1, 0.15) is 6.54 Å². The van der Waals surface area contributed by atoms with Crippen molar-refractivity contribution in [3.63, 3.8) is 0 Å². The maximum atomic E-state index is 12.9. The number of benzene rings is 2. The van der Waals surface area contributed by atoms with E-state index in [2.05, 4.69) is 32.9 Å². The summed E-state index contributed by atoms with van der Waals surface area (Å²) >= 11 is 0. The molecule has 0 aliphatic carbocycles. The summed E-state index contributed by atoms with van der Waals surface area (Å²) in [5, 5.41) is 15.4. The molecule has 1 aliphatic heterocycles. The van der Waals surface area contributed by atoms with Gasteiger partial charge in [0.05, 0.1) is 6.04 Å². The molecule has 1 N–H and O–H groups in total. The second-order valence-electron chi connectivity index (χ2n) is 7.46. The minimum Gasteiger partial charge on any atom is -0.351 e. The van der Waals surface area contributed by atoms with Gasteiger partial charge in [-0.15, -0.1) is 10.2 Å². The molecule has 30 heavy (non-hydrogen) atoms. The molecule has 3 aromatic rings. The Morgan fingerprint density at radius 2 is 1.77 bits per heavy atom. The number of tetrazole rings is 1. The first-order chi connectivity index (χ1) is 14.6. The average Bonchev–Trinajstić information content (AvgIpc) is 3.23. The summed E-state index contributed by atoms with van der Waals surface area (Å²) in [6.07, 6.45) is 0.779. The molecule has 1 saturated heterocycles. The number of piperidine rings is 1. The lowest BCUT2D eigenvalue weighted by Crippen LogP contribution is -2.53. The molecule has 2 aromatic carbocycles. The quantitative estimate of drug-likeness (QED) is 0.701. The van der Waals surface area contributed by atoms with Crippen molar-refractivity contribution in [3.8, 4) is 11.4 Å². The number of hydrogen-bond acceptors (Lipinski definition) is 5. The molecule has 1 aliphatic rings. The fraction of sp³-hybridized carbons (Fsp3) is 0.318. The third-order valence-corrected chi connectivity index (χ3v) is 5.34. The van der Waals surface area contributed by atoms with Gasteiger partial charge in [0.2, 0.25) is 17.6 Å². The molecule has 1 aromatic heterocycles. The fourth-order valence-electron chi connectivity index (χ4n) is 3.92. The lowest BCUT2D eigenvalue weighted by Gasteiger charge is -2.39. The van der Waals surface area contributed by atoms with E-state index in [4.69, 9.17) is 0 Å². The highest BCUT2D eigenvalue weighted by molar-refractivity contribution is 5.77. The highest BCUT2D eigenvalue weighted by Crippen LogP contribution is 2.28. The van der Waals surface area contributed by atoms with Crippen molar-refractivity contribution in [3.05, 3.63) is 66.2 Å². The van der Waals surface area contributed by atoms with Gasteiger partial charge in [0.15, 0.2) is 0 Å². The average molecular weight is 404 g/mol. The number of nitrogens with one attached hydrogen (secondary N) is 1. The zero-order valence-electron chi connectivity index (χ0n) is 16.8. The van der Waals surface area contributed by atoms with Crippen molar-refractivity contribution in [2.45, 2.75) is 31.8 Å². The van der Waals surface area contributed by atoms with Gasteiger partial charge in [0, 0.05) is 31.5 Å². The molecule has 0 spiro atoms. The van der Waals surface area contributed by atoms with Crippen molar-refractivity contribution in [2.24, 2.45) is 0 Å². The van der Waals surface area contributed by atoms with Crippen LogP contribution < -0.4 is 5.32 Å². The van der Waals surface area contributed by atoms with E-state index in [1.54, 1.807) is 4.90 Å². The summed E-state index contributed by atoms with van der Waals surface area (Å²) in [6, 6.07) is 19.5. The Hall–Kier alpha value is -3.55. The Balaban J connectivity index is 1.43. The number of rotatable bonds is 5. The molecule has 8 heteroatoms. The number of likely N-dealkylation sites (tertiary alicyclic amines) is 1. The summed E-state index contributed by atoms with van der Waals surface area (Å²) in [6.45, 7) is 2.60. The van der Waals surface area contributed by atoms with E-state index in [1.807, 2.05) is 48.5 Å². The topological polar surface area (TPSA) is 93.0 Å². The Bertz CT molecular complexity index is 1000. The van der Waals surface area contributed by atoms with Crippen LogP contribution in [0.2, 0.25) is 0 Å². The van der Waals surface area contributed by atoms with E-state index in [9.17, 15) is 9.59 Å². The van der Waals surface area contributed by atoms with Crippen LogP contribution in [0.3, 0.4) is 0 Å². The summed E-state index contributed by atoms with van der Waals surface area (Å²) in [4.78, 5) is 27.7. The van der Waals surface area contributed by atoms with Crippen molar-refractivity contribution >= 4 is 11.8 Å². The standard InChI is InChI=1S/C22H24N6O2/c1-16(29)23-20-14-27(13-12-19(20)17-8-4-2-5-9-17)21(30)15-28-25-22(24-26-28)18-10-6-3-7-11-18/h2-11,19-20H,12-15H2,1H3,(H,23,29)/t19-,20-/m0/s1. The van der Waals surface area contributed by atoms with Crippen LogP contribution in [0.1, 0.15) is 24.8 Å². The Kier molecular flexibility index (Phi) is 5.83. The normalized spacial score (nSPS) is 18.8. The number of carbonyl (C=O) groups excluding carboxylic acids is 2. The maximum Gasteiger partial charge on any atom is 0.246 e. The van der Waals surface area contributed by atoms with E-state index in [0.717, 1.165) is 12.0 Å². The van der Waals surface area contributed by atoms with Crippen LogP contribution >= 0.6 is 0 Å². The van der Waals surface area contributed by atoms with Gasteiger partial charge in [-0.25, -0.2) is 0 Å². The predicted molar refractivity (Wildman–Crippen MR) is 111 cm³/mol. The van der Waals surface area contributed by atoms with E-state index in [1.165, 1.54) is 17.3 Å². The Morgan fingerprint density at radius 1 is 1.07 bits per heavy atom. The smallest absolute Gasteiger partial charge is 0.246 e. The Labute approximate surface area is 174 Å². The first-order valence-corrected chi connectivity index (χ1v) is 10.0. The third kappa shape index (κ3) is 4.53. The first kappa shape index (κ1) is 19.8. The molecule has 2 atom stereocenters. The number of nitrogens with zero attached hydrogens (tertiary/aromatic N) is 5. The molecule has 0 bridgehead atoms. The van der Waals surface area contributed by atoms with Crippen molar-refractivity contribution in [1.29, 1.82) is 0 Å². The predicted octanol–water partition coefficient (Wildman–Crippen LogP) is 1.86. The molecule has 2 amide bonds. The highest BCUT2D eigenvalue weighted by atomic mass is 16.2. The second kappa shape index (κ2) is 8.86. The van der Waals surface area contributed by atoms with Crippen LogP contribution in [-0.4, -0.2) is 56.1 Å². The van der Waals surface area contributed by atoms with Gasteiger partial charge in [-0.3, -0.25) is 9.59 Å².